The third-order valence-corrected chi connectivity index (χ3v) is 2.09. The van der Waals surface area contributed by atoms with E-state index in [0.717, 1.165) is 4.68 Å². The van der Waals surface area contributed by atoms with Gasteiger partial charge in [-0.1, -0.05) is 11.6 Å². The van der Waals surface area contributed by atoms with Gasteiger partial charge in [0.05, 0.1) is 10.7 Å². The second-order valence-electron chi connectivity index (χ2n) is 2.99. The third kappa shape index (κ3) is 2.54. The van der Waals surface area contributed by atoms with Crippen LogP contribution in [0.2, 0.25) is 5.02 Å². The van der Waals surface area contributed by atoms with Gasteiger partial charge < -0.3 is 12.9 Å². The summed E-state index contributed by atoms with van der Waals surface area (Å²) >= 11 is 5.64. The highest BCUT2D eigenvalue weighted by Gasteiger charge is 2.26. The number of aryl methyl sites for hydroxylation is 1. The molecule has 0 saturated heterocycles. The topological polar surface area (TPSA) is 17.8 Å². The average Bonchev–Trinajstić information content (AvgIpc) is 2.29. The Bertz CT molecular complexity index is 339. The van der Waals surface area contributed by atoms with Crippen LogP contribution in [-0.4, -0.2) is 16.8 Å². The van der Waals surface area contributed by atoms with Gasteiger partial charge in [-0.05, 0) is 6.92 Å². The largest absolute Gasteiger partial charge is 0.506 e. The molecule has 0 amide bonds. The lowest BCUT2D eigenvalue weighted by atomic mass is 9.80. The van der Waals surface area contributed by atoms with Crippen molar-refractivity contribution in [3.05, 3.63) is 29.0 Å². The molecular formula is C7H8BClF3N2-. The lowest BCUT2D eigenvalue weighted by Gasteiger charge is -2.17. The molecule has 0 aliphatic carbocycles. The molecule has 1 aromatic heterocycles. The van der Waals surface area contributed by atoms with Crippen LogP contribution in [0.15, 0.2) is 18.2 Å². The summed E-state index contributed by atoms with van der Waals surface area (Å²) in [6.45, 7) is -0.778. The van der Waals surface area contributed by atoms with E-state index in [9.17, 15) is 12.9 Å². The summed E-state index contributed by atoms with van der Waals surface area (Å²) in [7, 11) is 0. The summed E-state index contributed by atoms with van der Waals surface area (Å²) in [5.74, 6) is 0. The van der Waals surface area contributed by atoms with Crippen LogP contribution in [0, 0.1) is 6.92 Å². The Labute approximate surface area is 84.4 Å². The molecule has 0 saturated carbocycles. The maximum atomic E-state index is 12.1. The molecule has 0 radical (unpaired) electrons. The van der Waals surface area contributed by atoms with Gasteiger partial charge in [-0.25, -0.2) is 0 Å². The fourth-order valence-corrected chi connectivity index (χ4v) is 1.04. The van der Waals surface area contributed by atoms with Gasteiger partial charge in [0.2, 0.25) is 0 Å². The van der Waals surface area contributed by atoms with Crippen LogP contribution >= 0.6 is 11.6 Å². The maximum absolute atomic E-state index is 12.1. The molecule has 0 atom stereocenters. The standard InChI is InChI=1S/C7H8BClF3N2/c1-5(8(10,11)12)3-14-4-7(9)6(2)13-14/h4H,1,3H2,2H3/q-1. The summed E-state index contributed by atoms with van der Waals surface area (Å²) < 4.78 is 37.5. The first kappa shape index (κ1) is 11.2. The van der Waals surface area contributed by atoms with Gasteiger partial charge in [-0.3, -0.25) is 4.68 Å². The van der Waals surface area contributed by atoms with E-state index < -0.39 is 12.4 Å². The normalized spacial score (nSPS) is 11.8. The van der Waals surface area contributed by atoms with Gasteiger partial charge in [0.1, 0.15) is 0 Å². The van der Waals surface area contributed by atoms with E-state index in [1.54, 1.807) is 6.92 Å². The van der Waals surface area contributed by atoms with Crippen molar-refractivity contribution in [2.24, 2.45) is 0 Å². The first-order chi connectivity index (χ1) is 6.30. The van der Waals surface area contributed by atoms with E-state index >= 15 is 0 Å². The Morgan fingerprint density at radius 2 is 2.21 bits per heavy atom. The number of allylic oxidation sites excluding steroid dienone is 1. The summed E-state index contributed by atoms with van der Waals surface area (Å²) in [5.41, 5.74) is -0.279. The maximum Gasteiger partial charge on any atom is 0.506 e. The molecule has 0 aliphatic rings. The minimum absolute atomic E-state index is 0.354. The number of nitrogens with zero attached hydrogens (tertiary/aromatic N) is 2. The molecule has 0 bridgehead atoms. The number of rotatable bonds is 3. The molecule has 7 heteroatoms. The van der Waals surface area contributed by atoms with Crippen LogP contribution in [0.3, 0.4) is 0 Å². The van der Waals surface area contributed by atoms with E-state index in [1.165, 1.54) is 6.20 Å². The van der Waals surface area contributed by atoms with Crippen molar-refractivity contribution in [1.29, 1.82) is 0 Å². The van der Waals surface area contributed by atoms with E-state index in [-0.39, 0.29) is 6.54 Å². The van der Waals surface area contributed by atoms with Crippen molar-refractivity contribution >= 4 is 18.6 Å². The molecule has 1 heterocycles. The molecule has 0 aromatic carbocycles. The number of hydrogen-bond acceptors (Lipinski definition) is 1. The van der Waals surface area contributed by atoms with Gasteiger partial charge >= 0.3 is 6.98 Å². The van der Waals surface area contributed by atoms with Crippen molar-refractivity contribution in [2.45, 2.75) is 13.5 Å². The van der Waals surface area contributed by atoms with Crippen LogP contribution < -0.4 is 0 Å². The molecule has 0 spiro atoms. The molecule has 0 N–H and O–H groups in total. The second kappa shape index (κ2) is 3.69. The lowest BCUT2D eigenvalue weighted by molar-refractivity contribution is 0.479. The Kier molecular flexibility index (Phi) is 2.94. The van der Waals surface area contributed by atoms with Crippen LogP contribution in [-0.2, 0) is 6.54 Å². The molecule has 1 rings (SSSR count). The van der Waals surface area contributed by atoms with E-state index in [1.807, 2.05) is 0 Å². The van der Waals surface area contributed by atoms with Gasteiger partial charge in [0.25, 0.3) is 0 Å². The predicted molar refractivity (Wildman–Crippen MR) is 50.2 cm³/mol. The molecular weight excluding hydrogens is 215 g/mol. The zero-order valence-electron chi connectivity index (χ0n) is 7.48. The van der Waals surface area contributed by atoms with Crippen LogP contribution in [0.25, 0.3) is 0 Å². The van der Waals surface area contributed by atoms with Gasteiger partial charge in [-0.2, -0.15) is 5.10 Å². The smallest absolute Gasteiger partial charge is 0.445 e. The fourth-order valence-electron chi connectivity index (χ4n) is 0.886. The van der Waals surface area contributed by atoms with Gasteiger partial charge in [0, 0.05) is 12.7 Å². The third-order valence-electron chi connectivity index (χ3n) is 1.71. The number of aromatic nitrogens is 2. The van der Waals surface area contributed by atoms with Crippen LogP contribution in [0.5, 0.6) is 0 Å². The summed E-state index contributed by atoms with van der Waals surface area (Å²) in [5, 5.41) is 4.15. The highest BCUT2D eigenvalue weighted by molar-refractivity contribution is 6.66. The zero-order chi connectivity index (χ0) is 10.9. The van der Waals surface area contributed by atoms with Crippen molar-refractivity contribution in [3.8, 4) is 0 Å². The zero-order valence-corrected chi connectivity index (χ0v) is 8.23. The first-order valence-corrected chi connectivity index (χ1v) is 4.25. The van der Waals surface area contributed by atoms with Crippen LogP contribution in [0.4, 0.5) is 12.9 Å². The second-order valence-corrected chi connectivity index (χ2v) is 3.40. The number of hydrogen-bond donors (Lipinski definition) is 0. The average molecular weight is 223 g/mol. The molecule has 78 valence electrons. The Hall–Kier alpha value is -0.905. The van der Waals surface area contributed by atoms with Crippen molar-refractivity contribution in [3.63, 3.8) is 0 Å². The van der Waals surface area contributed by atoms with E-state index in [4.69, 9.17) is 11.6 Å². The monoisotopic (exact) mass is 223 g/mol. The Balaban J connectivity index is 2.75. The van der Waals surface area contributed by atoms with Crippen molar-refractivity contribution < 1.29 is 12.9 Å². The molecule has 14 heavy (non-hydrogen) atoms. The molecule has 2 nitrogen and oxygen atoms in total. The number of halogens is 4. The van der Waals surface area contributed by atoms with E-state index in [2.05, 4.69) is 11.7 Å². The Morgan fingerprint density at radius 1 is 1.64 bits per heavy atom. The van der Waals surface area contributed by atoms with Gasteiger partial charge in [-0.15, -0.1) is 12.1 Å². The SMILES string of the molecule is C=C(Cn1cc(Cl)c(C)n1)[B-](F)(F)F. The van der Waals surface area contributed by atoms with Crippen LogP contribution in [0.1, 0.15) is 5.69 Å². The summed E-state index contributed by atoms with van der Waals surface area (Å²) in [4.78, 5) is 0. The molecule has 0 fully saturated rings. The van der Waals surface area contributed by atoms with E-state index in [0.29, 0.717) is 10.7 Å². The summed E-state index contributed by atoms with van der Waals surface area (Å²) in [6.07, 6.45) is 1.35. The highest BCUT2D eigenvalue weighted by atomic mass is 35.5. The quantitative estimate of drug-likeness (QED) is 0.721. The van der Waals surface area contributed by atoms with Crippen molar-refractivity contribution in [2.75, 3.05) is 0 Å². The minimum Gasteiger partial charge on any atom is -0.445 e. The molecule has 0 unspecified atom stereocenters. The lowest BCUT2D eigenvalue weighted by Crippen LogP contribution is -2.22. The highest BCUT2D eigenvalue weighted by Crippen LogP contribution is 2.20. The summed E-state index contributed by atoms with van der Waals surface area (Å²) in [6, 6.07) is 0. The van der Waals surface area contributed by atoms with Gasteiger partial charge in [0.15, 0.2) is 0 Å². The minimum atomic E-state index is -5.00. The first-order valence-electron chi connectivity index (χ1n) is 3.88. The fraction of sp³-hybridized carbons (Fsp3) is 0.286. The molecule has 0 aliphatic heterocycles. The van der Waals surface area contributed by atoms with Crippen molar-refractivity contribution in [1.82, 2.24) is 9.78 Å². The Morgan fingerprint density at radius 3 is 2.57 bits per heavy atom. The molecule has 1 aromatic rings. The predicted octanol–water partition coefficient (Wildman–Crippen LogP) is 2.79.